The molecule has 1 saturated heterocycles. The SMILES string of the molecule is CCN1CCN(C(=O)c2ccc(-c3ccnc(Nc4cc(NC(=O)c5cncc(NC(=O)c6ccc(-c7cccs7)s6)c5)ccc4C)n3)cc2)CC1. The van der Waals surface area contributed by atoms with Crippen LogP contribution in [0.1, 0.15) is 42.9 Å². The number of pyridine rings is 1. The Balaban J connectivity index is 0.984. The first kappa shape index (κ1) is 34.7. The minimum atomic E-state index is -0.377. The van der Waals surface area contributed by atoms with Gasteiger partial charge in [-0.1, -0.05) is 31.2 Å². The molecule has 52 heavy (non-hydrogen) atoms. The predicted octanol–water partition coefficient (Wildman–Crippen LogP) is 7.66. The first-order valence-electron chi connectivity index (χ1n) is 16.9. The number of aromatic nitrogens is 3. The van der Waals surface area contributed by atoms with Crippen LogP contribution in [-0.2, 0) is 0 Å². The summed E-state index contributed by atoms with van der Waals surface area (Å²) < 4.78 is 0. The molecule has 0 aliphatic carbocycles. The van der Waals surface area contributed by atoms with Crippen LogP contribution in [0.4, 0.5) is 23.0 Å². The van der Waals surface area contributed by atoms with Gasteiger partial charge in [0.1, 0.15) is 0 Å². The zero-order valence-electron chi connectivity index (χ0n) is 28.6. The van der Waals surface area contributed by atoms with Crippen LogP contribution in [0.2, 0.25) is 0 Å². The monoisotopic (exact) mass is 728 g/mol. The Morgan fingerprint density at radius 1 is 0.808 bits per heavy atom. The molecule has 3 N–H and O–H groups in total. The number of anilines is 4. The molecule has 6 aromatic rings. The van der Waals surface area contributed by atoms with Gasteiger partial charge in [0.25, 0.3) is 17.7 Å². The van der Waals surface area contributed by atoms with Gasteiger partial charge in [0, 0.05) is 70.8 Å². The lowest BCUT2D eigenvalue weighted by Gasteiger charge is -2.34. The summed E-state index contributed by atoms with van der Waals surface area (Å²) >= 11 is 3.03. The Labute approximate surface area is 309 Å². The number of carbonyl (C=O) groups is 3. The smallest absolute Gasteiger partial charge is 0.265 e. The summed E-state index contributed by atoms with van der Waals surface area (Å²) in [7, 11) is 0. The molecule has 3 amide bonds. The van der Waals surface area contributed by atoms with Crippen LogP contribution in [0.25, 0.3) is 21.0 Å². The average molecular weight is 729 g/mol. The van der Waals surface area contributed by atoms with E-state index in [1.807, 2.05) is 83.9 Å². The Kier molecular flexibility index (Phi) is 10.4. The molecule has 0 spiro atoms. The fraction of sp³-hybridized carbons (Fsp3) is 0.179. The molecule has 13 heteroatoms. The van der Waals surface area contributed by atoms with E-state index in [0.717, 1.165) is 59.3 Å². The molecule has 0 radical (unpaired) electrons. The number of thiophene rings is 2. The summed E-state index contributed by atoms with van der Waals surface area (Å²) in [6.07, 6.45) is 4.64. The zero-order valence-corrected chi connectivity index (χ0v) is 30.3. The molecular weight excluding hydrogens is 693 g/mol. The zero-order chi connectivity index (χ0) is 36.0. The van der Waals surface area contributed by atoms with Crippen molar-refractivity contribution in [3.05, 3.63) is 124 Å². The molecule has 0 bridgehead atoms. The lowest BCUT2D eigenvalue weighted by atomic mass is 10.1. The average Bonchev–Trinajstić information content (AvgIpc) is 3.90. The normalized spacial score (nSPS) is 13.1. The van der Waals surface area contributed by atoms with Crippen LogP contribution in [-0.4, -0.2) is 75.2 Å². The second kappa shape index (κ2) is 15.6. The highest BCUT2D eigenvalue weighted by Gasteiger charge is 2.21. The number of carbonyl (C=O) groups excluding carboxylic acids is 3. The number of hydrogen-bond donors (Lipinski definition) is 3. The van der Waals surface area contributed by atoms with Gasteiger partial charge in [0.15, 0.2) is 0 Å². The summed E-state index contributed by atoms with van der Waals surface area (Å²) in [6, 6.07) is 24.2. The third-order valence-corrected chi connectivity index (χ3v) is 10.9. The van der Waals surface area contributed by atoms with Crippen LogP contribution in [0.3, 0.4) is 0 Å². The van der Waals surface area contributed by atoms with E-state index in [1.54, 1.807) is 29.7 Å². The highest BCUT2D eigenvalue weighted by Crippen LogP contribution is 2.32. The molecule has 7 rings (SSSR count). The molecule has 1 aliphatic heterocycles. The van der Waals surface area contributed by atoms with Crippen molar-refractivity contribution in [2.24, 2.45) is 0 Å². The second-order valence-electron chi connectivity index (χ2n) is 12.2. The first-order valence-corrected chi connectivity index (χ1v) is 18.6. The summed E-state index contributed by atoms with van der Waals surface area (Å²) in [6.45, 7) is 8.35. The summed E-state index contributed by atoms with van der Waals surface area (Å²) in [5.41, 5.74) is 5.13. The molecule has 5 heterocycles. The van der Waals surface area contributed by atoms with Crippen LogP contribution in [0.15, 0.2) is 103 Å². The third-order valence-electron chi connectivity index (χ3n) is 8.78. The van der Waals surface area contributed by atoms with Crippen molar-refractivity contribution in [2.75, 3.05) is 48.7 Å². The number of nitrogens with one attached hydrogen (secondary N) is 3. The number of nitrogens with zero attached hydrogens (tertiary/aromatic N) is 5. The molecular formula is C39H36N8O3S2. The van der Waals surface area contributed by atoms with Gasteiger partial charge in [-0.05, 0) is 79.0 Å². The van der Waals surface area contributed by atoms with Crippen LogP contribution < -0.4 is 16.0 Å². The molecule has 0 saturated carbocycles. The number of hydrogen-bond acceptors (Lipinski definition) is 10. The maximum absolute atomic E-state index is 13.3. The van der Waals surface area contributed by atoms with Gasteiger partial charge < -0.3 is 25.8 Å². The van der Waals surface area contributed by atoms with Crippen LogP contribution >= 0.6 is 22.7 Å². The maximum Gasteiger partial charge on any atom is 0.265 e. The highest BCUT2D eigenvalue weighted by atomic mass is 32.1. The summed E-state index contributed by atoms with van der Waals surface area (Å²) in [5.74, 6) is -0.212. The van der Waals surface area contributed by atoms with E-state index in [2.05, 4.69) is 37.7 Å². The molecule has 4 aromatic heterocycles. The predicted molar refractivity (Wildman–Crippen MR) is 208 cm³/mol. The number of amides is 3. The van der Waals surface area contributed by atoms with Crippen molar-refractivity contribution >= 4 is 63.4 Å². The van der Waals surface area contributed by atoms with Crippen molar-refractivity contribution in [3.8, 4) is 21.0 Å². The number of likely N-dealkylation sites (N-methyl/N-ethyl adjacent to an activating group) is 1. The third kappa shape index (κ3) is 8.07. The molecule has 0 atom stereocenters. The van der Waals surface area contributed by atoms with E-state index in [0.29, 0.717) is 39.0 Å². The van der Waals surface area contributed by atoms with E-state index in [1.165, 1.54) is 23.7 Å². The Hall–Kier alpha value is -5.76. The number of aryl methyl sites for hydroxylation is 1. The van der Waals surface area contributed by atoms with E-state index in [-0.39, 0.29) is 17.7 Å². The fourth-order valence-corrected chi connectivity index (χ4v) is 7.54. The fourth-order valence-electron chi connectivity index (χ4n) is 5.81. The highest BCUT2D eigenvalue weighted by molar-refractivity contribution is 7.22. The standard InChI is InChI=1S/C39H36N8O3S2/c1-3-46-16-18-47(19-17-46)38(50)27-9-7-26(8-10-27)31-14-15-41-39(44-31)45-32-22-29(11-6-25(32)2)42-36(48)28-21-30(24-40-23-28)43-37(49)35-13-12-34(52-35)33-5-4-20-51-33/h4-15,20-24H,3,16-19H2,1-2H3,(H,42,48)(H,43,49)(H,41,44,45). The van der Waals surface area contributed by atoms with Gasteiger partial charge in [-0.3, -0.25) is 19.4 Å². The van der Waals surface area contributed by atoms with Gasteiger partial charge in [-0.25, -0.2) is 9.97 Å². The lowest BCUT2D eigenvalue weighted by Crippen LogP contribution is -2.48. The van der Waals surface area contributed by atoms with Gasteiger partial charge >= 0.3 is 0 Å². The Morgan fingerprint density at radius 3 is 2.38 bits per heavy atom. The van der Waals surface area contributed by atoms with Crippen molar-refractivity contribution in [3.63, 3.8) is 0 Å². The topological polar surface area (TPSA) is 132 Å². The van der Waals surface area contributed by atoms with E-state index < -0.39 is 0 Å². The summed E-state index contributed by atoms with van der Waals surface area (Å²) in [4.78, 5) is 59.5. The van der Waals surface area contributed by atoms with Crippen molar-refractivity contribution < 1.29 is 14.4 Å². The molecule has 1 fully saturated rings. The molecule has 262 valence electrons. The van der Waals surface area contributed by atoms with Crippen LogP contribution in [0, 0.1) is 6.92 Å². The largest absolute Gasteiger partial charge is 0.336 e. The number of benzene rings is 2. The van der Waals surface area contributed by atoms with Crippen LogP contribution in [0.5, 0.6) is 0 Å². The molecule has 2 aromatic carbocycles. The van der Waals surface area contributed by atoms with Crippen molar-refractivity contribution in [1.29, 1.82) is 0 Å². The molecule has 0 unspecified atom stereocenters. The second-order valence-corrected chi connectivity index (χ2v) is 14.3. The van der Waals surface area contributed by atoms with Crippen molar-refractivity contribution in [2.45, 2.75) is 13.8 Å². The van der Waals surface area contributed by atoms with Gasteiger partial charge in [0.05, 0.1) is 28.0 Å². The minimum Gasteiger partial charge on any atom is -0.336 e. The number of rotatable bonds is 10. The Bertz CT molecular complexity index is 2210. The van der Waals surface area contributed by atoms with Gasteiger partial charge in [-0.2, -0.15) is 0 Å². The summed E-state index contributed by atoms with van der Waals surface area (Å²) in [5, 5.41) is 11.0. The van der Waals surface area contributed by atoms with Crippen molar-refractivity contribution in [1.82, 2.24) is 24.8 Å². The van der Waals surface area contributed by atoms with E-state index in [4.69, 9.17) is 4.98 Å². The first-order chi connectivity index (χ1) is 25.3. The Morgan fingerprint density at radius 2 is 1.62 bits per heavy atom. The van der Waals surface area contributed by atoms with Gasteiger partial charge in [0.2, 0.25) is 5.95 Å². The molecule has 1 aliphatic rings. The number of piperazine rings is 1. The molecule has 11 nitrogen and oxygen atoms in total. The van der Waals surface area contributed by atoms with E-state index >= 15 is 0 Å². The minimum absolute atomic E-state index is 0.0448. The lowest BCUT2D eigenvalue weighted by molar-refractivity contribution is 0.0643. The quantitative estimate of drug-likeness (QED) is 0.131. The van der Waals surface area contributed by atoms with E-state index in [9.17, 15) is 14.4 Å². The van der Waals surface area contributed by atoms with Gasteiger partial charge in [-0.15, -0.1) is 22.7 Å². The maximum atomic E-state index is 13.3.